The third kappa shape index (κ3) is 5.18. The number of nitro benzene ring substituents is 1. The highest BCUT2D eigenvalue weighted by atomic mass is 79.9. The molecule has 2 aromatic carbocycles. The van der Waals surface area contributed by atoms with E-state index in [4.69, 9.17) is 4.74 Å². The van der Waals surface area contributed by atoms with Crippen molar-refractivity contribution < 1.29 is 19.6 Å². The van der Waals surface area contributed by atoms with Crippen LogP contribution in [0.1, 0.15) is 5.56 Å². The molecule has 0 aromatic heterocycles. The third-order valence-corrected chi connectivity index (χ3v) is 3.72. The molecule has 0 saturated carbocycles. The molecule has 0 unspecified atom stereocenters. The normalized spacial score (nSPS) is 10.5. The van der Waals surface area contributed by atoms with Gasteiger partial charge in [0.1, 0.15) is 5.75 Å². The van der Waals surface area contributed by atoms with Crippen molar-refractivity contribution in [2.24, 2.45) is 5.10 Å². The van der Waals surface area contributed by atoms with E-state index in [0.717, 1.165) is 28.5 Å². The Bertz CT molecular complexity index is 839. The molecule has 26 heavy (non-hydrogen) atoms. The van der Waals surface area contributed by atoms with Crippen LogP contribution in [0.15, 0.2) is 46.0 Å². The van der Waals surface area contributed by atoms with Crippen LogP contribution < -0.4 is 20.6 Å². The number of methoxy groups -OCH3 is 1. The van der Waals surface area contributed by atoms with Crippen molar-refractivity contribution in [2.75, 3.05) is 19.0 Å². The van der Waals surface area contributed by atoms with Crippen LogP contribution in [0.5, 0.6) is 11.5 Å². The summed E-state index contributed by atoms with van der Waals surface area (Å²) in [5, 5.41) is 29.4. The number of anilines is 1. The molecule has 0 heterocycles. The minimum atomic E-state index is -0.653. The lowest BCUT2D eigenvalue weighted by molar-refractivity contribution is -0.385. The maximum absolute atomic E-state index is 12.0. The smallest absolute Gasteiger partial charge is 0.273 e. The summed E-state index contributed by atoms with van der Waals surface area (Å²) < 4.78 is 5.74. The molecule has 0 spiro atoms. The molecule has 0 saturated heterocycles. The molecule has 0 atom stereocenters. The fraction of sp³-hybridized carbons (Fsp3) is 0.125. The molecule has 2 N–H and O–H groups in total. The highest BCUT2D eigenvalue weighted by Gasteiger charge is 2.11. The molecule has 9 nitrogen and oxygen atoms in total. The highest BCUT2D eigenvalue weighted by molar-refractivity contribution is 9.10. The van der Waals surface area contributed by atoms with Gasteiger partial charge >= 0.3 is 0 Å². The van der Waals surface area contributed by atoms with Crippen molar-refractivity contribution in [2.45, 2.75) is 0 Å². The van der Waals surface area contributed by atoms with Gasteiger partial charge in [-0.05, 0) is 29.8 Å². The van der Waals surface area contributed by atoms with E-state index in [1.54, 1.807) is 12.1 Å². The fourth-order valence-corrected chi connectivity index (χ4v) is 2.19. The van der Waals surface area contributed by atoms with Gasteiger partial charge in [0.05, 0.1) is 30.9 Å². The predicted molar refractivity (Wildman–Crippen MR) is 97.5 cm³/mol. The molecule has 10 heteroatoms. The molecular weight excluding hydrogens is 408 g/mol. The number of nitrogens with one attached hydrogen (secondary N) is 2. The number of nitrogens with zero attached hydrogens (tertiary/aromatic N) is 2. The second kappa shape index (κ2) is 8.81. The number of nitro groups is 1. The molecule has 0 radical (unpaired) electrons. The van der Waals surface area contributed by atoms with Crippen molar-refractivity contribution in [3.05, 3.63) is 56.5 Å². The Labute approximate surface area is 157 Å². The van der Waals surface area contributed by atoms with Gasteiger partial charge in [-0.2, -0.15) is 5.10 Å². The van der Waals surface area contributed by atoms with E-state index < -0.39 is 16.6 Å². The average Bonchev–Trinajstić information content (AvgIpc) is 2.62. The summed E-state index contributed by atoms with van der Waals surface area (Å²) in [6, 6.07) is 9.31. The number of hydrazone groups is 1. The molecule has 0 aliphatic rings. The van der Waals surface area contributed by atoms with Crippen LogP contribution in [0.2, 0.25) is 0 Å². The van der Waals surface area contributed by atoms with Crippen LogP contribution >= 0.6 is 15.9 Å². The van der Waals surface area contributed by atoms with Crippen LogP contribution in [0.3, 0.4) is 0 Å². The van der Waals surface area contributed by atoms with E-state index in [1.165, 1.54) is 7.11 Å². The van der Waals surface area contributed by atoms with Crippen LogP contribution in [0.25, 0.3) is 0 Å². The van der Waals surface area contributed by atoms with Gasteiger partial charge in [-0.15, -0.1) is 0 Å². The number of benzene rings is 2. The molecular formula is C16H14BrN4O5-. The van der Waals surface area contributed by atoms with Crippen LogP contribution in [-0.2, 0) is 4.79 Å². The van der Waals surface area contributed by atoms with E-state index >= 15 is 0 Å². The van der Waals surface area contributed by atoms with Gasteiger partial charge in [-0.3, -0.25) is 14.9 Å². The van der Waals surface area contributed by atoms with Crippen LogP contribution in [-0.4, -0.2) is 30.7 Å². The molecule has 2 aromatic rings. The summed E-state index contributed by atoms with van der Waals surface area (Å²) in [5.74, 6) is -1.19. The lowest BCUT2D eigenvalue weighted by atomic mass is 10.2. The first kappa shape index (κ1) is 19.2. The van der Waals surface area contributed by atoms with E-state index in [9.17, 15) is 20.0 Å². The number of halogens is 1. The lowest BCUT2D eigenvalue weighted by Crippen LogP contribution is -2.25. The zero-order chi connectivity index (χ0) is 19.1. The molecule has 2 rings (SSSR count). The Morgan fingerprint density at radius 1 is 1.35 bits per heavy atom. The molecule has 0 aliphatic carbocycles. The van der Waals surface area contributed by atoms with Crippen molar-refractivity contribution in [3.63, 3.8) is 0 Å². The van der Waals surface area contributed by atoms with Gasteiger partial charge < -0.3 is 15.2 Å². The number of rotatable bonds is 7. The number of amides is 1. The second-order valence-corrected chi connectivity index (χ2v) is 5.89. The summed E-state index contributed by atoms with van der Waals surface area (Å²) in [5.41, 5.74) is 2.60. The van der Waals surface area contributed by atoms with Crippen LogP contribution in [0.4, 0.5) is 11.4 Å². The van der Waals surface area contributed by atoms with Crippen molar-refractivity contribution >= 4 is 39.4 Å². The number of carbonyl (C=O) groups is 1. The second-order valence-electron chi connectivity index (χ2n) is 4.98. The number of carbonyl (C=O) groups excluding carboxylic acids is 1. The van der Waals surface area contributed by atoms with Crippen molar-refractivity contribution in [1.29, 1.82) is 0 Å². The Balaban J connectivity index is 1.98. The molecule has 1 amide bonds. The van der Waals surface area contributed by atoms with Gasteiger partial charge in [0.15, 0.2) is 0 Å². The van der Waals surface area contributed by atoms with Gasteiger partial charge in [0.25, 0.3) is 11.6 Å². The van der Waals surface area contributed by atoms with E-state index in [2.05, 4.69) is 31.8 Å². The Hall–Kier alpha value is -3.14. The number of ether oxygens (including phenoxy) is 1. The number of hydrogen-bond donors (Lipinski definition) is 2. The SMILES string of the molecule is COc1cc([N+](=O)[O-])cc(/C=N\NC(=O)CNc2ccc(Br)cc2)c1[O-]. The van der Waals surface area contributed by atoms with E-state index in [0.29, 0.717) is 0 Å². The van der Waals surface area contributed by atoms with Gasteiger partial charge in [0.2, 0.25) is 0 Å². The standard InChI is InChI=1S/C16H15BrN4O5/c1-26-14-7-13(21(24)25)6-10(16(14)23)8-19-20-15(22)9-18-12-4-2-11(17)3-5-12/h2-8,18,23H,9H2,1H3,(H,20,22)/p-1/b19-8-. The van der Waals surface area contributed by atoms with Crippen molar-refractivity contribution in [3.8, 4) is 11.5 Å². The largest absolute Gasteiger partial charge is 0.870 e. The third-order valence-electron chi connectivity index (χ3n) is 3.19. The summed E-state index contributed by atoms with van der Waals surface area (Å²) in [4.78, 5) is 22.0. The van der Waals surface area contributed by atoms with Gasteiger partial charge in [0, 0.05) is 16.2 Å². The van der Waals surface area contributed by atoms with E-state index in [-0.39, 0.29) is 23.5 Å². The van der Waals surface area contributed by atoms with Gasteiger partial charge in [-0.25, -0.2) is 5.43 Å². The molecule has 0 bridgehead atoms. The molecule has 0 aliphatic heterocycles. The first-order chi connectivity index (χ1) is 12.4. The zero-order valence-corrected chi connectivity index (χ0v) is 15.1. The quantitative estimate of drug-likeness (QED) is 0.399. The lowest BCUT2D eigenvalue weighted by Gasteiger charge is -2.14. The number of non-ortho nitro benzene ring substituents is 1. The first-order valence-electron chi connectivity index (χ1n) is 7.25. The summed E-state index contributed by atoms with van der Waals surface area (Å²) in [6.45, 7) is -0.0402. The molecule has 0 fully saturated rings. The summed E-state index contributed by atoms with van der Waals surface area (Å²) in [6.07, 6.45) is 1.04. The first-order valence-corrected chi connectivity index (χ1v) is 8.05. The predicted octanol–water partition coefficient (Wildman–Crippen LogP) is 2.00. The fourth-order valence-electron chi connectivity index (χ4n) is 1.93. The minimum absolute atomic E-state index is 0.0402. The van der Waals surface area contributed by atoms with Crippen LogP contribution in [0, 0.1) is 10.1 Å². The Morgan fingerprint density at radius 3 is 2.65 bits per heavy atom. The number of hydrogen-bond acceptors (Lipinski definition) is 7. The average molecular weight is 422 g/mol. The summed E-state index contributed by atoms with van der Waals surface area (Å²) in [7, 11) is 1.23. The topological polar surface area (TPSA) is 129 Å². The highest BCUT2D eigenvalue weighted by Crippen LogP contribution is 2.31. The van der Waals surface area contributed by atoms with Gasteiger partial charge in [-0.1, -0.05) is 21.7 Å². The Morgan fingerprint density at radius 2 is 2.04 bits per heavy atom. The van der Waals surface area contributed by atoms with E-state index in [1.807, 2.05) is 12.1 Å². The maximum Gasteiger partial charge on any atom is 0.273 e. The van der Waals surface area contributed by atoms with Crippen molar-refractivity contribution in [1.82, 2.24) is 5.43 Å². The summed E-state index contributed by atoms with van der Waals surface area (Å²) >= 11 is 3.31. The molecule has 136 valence electrons. The maximum atomic E-state index is 12.0. The monoisotopic (exact) mass is 421 g/mol. The minimum Gasteiger partial charge on any atom is -0.870 e. The zero-order valence-electron chi connectivity index (χ0n) is 13.6. The Kier molecular flexibility index (Phi) is 6.50.